The molecule has 1 aromatic heterocycles. The fraction of sp³-hybridized carbons (Fsp3) is 0.733. The SMILES string of the molecule is CCCNC(c1csc(C)c1)C1CCOC1CC. The summed E-state index contributed by atoms with van der Waals surface area (Å²) < 4.78 is 5.87. The van der Waals surface area contributed by atoms with Crippen molar-refractivity contribution in [3.05, 3.63) is 21.9 Å². The molecule has 102 valence electrons. The summed E-state index contributed by atoms with van der Waals surface area (Å²) in [6.07, 6.45) is 3.93. The summed E-state index contributed by atoms with van der Waals surface area (Å²) in [5.74, 6) is 0.635. The van der Waals surface area contributed by atoms with E-state index in [-0.39, 0.29) is 0 Å². The van der Waals surface area contributed by atoms with Crippen LogP contribution in [0.5, 0.6) is 0 Å². The molecule has 1 saturated heterocycles. The van der Waals surface area contributed by atoms with Gasteiger partial charge in [-0.15, -0.1) is 11.3 Å². The number of nitrogens with one attached hydrogen (secondary N) is 1. The van der Waals surface area contributed by atoms with Crippen LogP contribution in [0.15, 0.2) is 11.4 Å². The Balaban J connectivity index is 2.13. The minimum atomic E-state index is 0.430. The number of thiophene rings is 1. The lowest BCUT2D eigenvalue weighted by molar-refractivity contribution is 0.0774. The first-order valence-corrected chi connectivity index (χ1v) is 8.04. The molecule has 1 N–H and O–H groups in total. The number of ether oxygens (including phenoxy) is 1. The second-order valence-corrected chi connectivity index (χ2v) is 6.31. The van der Waals surface area contributed by atoms with E-state index < -0.39 is 0 Å². The summed E-state index contributed by atoms with van der Waals surface area (Å²) in [7, 11) is 0. The van der Waals surface area contributed by atoms with E-state index >= 15 is 0 Å². The van der Waals surface area contributed by atoms with Gasteiger partial charge in [0.05, 0.1) is 6.10 Å². The molecule has 1 aliphatic heterocycles. The predicted molar refractivity (Wildman–Crippen MR) is 78.2 cm³/mol. The molecule has 3 heteroatoms. The second kappa shape index (κ2) is 6.69. The van der Waals surface area contributed by atoms with Gasteiger partial charge in [-0.25, -0.2) is 0 Å². The van der Waals surface area contributed by atoms with Gasteiger partial charge < -0.3 is 10.1 Å². The van der Waals surface area contributed by atoms with Crippen molar-refractivity contribution in [1.82, 2.24) is 5.32 Å². The Morgan fingerprint density at radius 3 is 2.94 bits per heavy atom. The highest BCUT2D eigenvalue weighted by atomic mass is 32.1. The van der Waals surface area contributed by atoms with Gasteiger partial charge in [0.2, 0.25) is 0 Å². The van der Waals surface area contributed by atoms with Gasteiger partial charge in [-0.2, -0.15) is 0 Å². The van der Waals surface area contributed by atoms with Crippen LogP contribution in [0.25, 0.3) is 0 Å². The first-order valence-electron chi connectivity index (χ1n) is 7.16. The average Bonchev–Trinajstić information content (AvgIpc) is 2.99. The van der Waals surface area contributed by atoms with Gasteiger partial charge in [0.15, 0.2) is 0 Å². The summed E-state index contributed by atoms with van der Waals surface area (Å²) in [6, 6.07) is 2.81. The van der Waals surface area contributed by atoms with Crippen LogP contribution in [0.1, 0.15) is 49.6 Å². The Kier molecular flexibility index (Phi) is 5.22. The third-order valence-electron chi connectivity index (χ3n) is 3.82. The topological polar surface area (TPSA) is 21.3 Å². The Hall–Kier alpha value is -0.380. The monoisotopic (exact) mass is 267 g/mol. The zero-order chi connectivity index (χ0) is 13.0. The fourth-order valence-corrected chi connectivity index (χ4v) is 3.65. The van der Waals surface area contributed by atoms with Crippen LogP contribution >= 0.6 is 11.3 Å². The molecule has 3 atom stereocenters. The van der Waals surface area contributed by atoms with Crippen LogP contribution in [-0.4, -0.2) is 19.3 Å². The summed E-state index contributed by atoms with van der Waals surface area (Å²) in [4.78, 5) is 1.40. The Morgan fingerprint density at radius 2 is 2.33 bits per heavy atom. The molecule has 1 aliphatic rings. The molecule has 0 spiro atoms. The minimum Gasteiger partial charge on any atom is -0.378 e. The van der Waals surface area contributed by atoms with E-state index in [4.69, 9.17) is 4.74 Å². The first kappa shape index (κ1) is 14.0. The second-order valence-electron chi connectivity index (χ2n) is 5.19. The van der Waals surface area contributed by atoms with Crippen molar-refractivity contribution in [3.8, 4) is 0 Å². The van der Waals surface area contributed by atoms with Crippen molar-refractivity contribution in [3.63, 3.8) is 0 Å². The number of hydrogen-bond acceptors (Lipinski definition) is 3. The number of hydrogen-bond donors (Lipinski definition) is 1. The quantitative estimate of drug-likeness (QED) is 0.843. The van der Waals surface area contributed by atoms with Crippen molar-refractivity contribution in [2.24, 2.45) is 5.92 Å². The van der Waals surface area contributed by atoms with E-state index in [1.807, 2.05) is 11.3 Å². The van der Waals surface area contributed by atoms with E-state index in [1.165, 1.54) is 23.3 Å². The molecule has 0 bridgehead atoms. The average molecular weight is 267 g/mol. The zero-order valence-corrected chi connectivity index (χ0v) is 12.6. The van der Waals surface area contributed by atoms with Gasteiger partial charge in [-0.05, 0) is 49.7 Å². The lowest BCUT2D eigenvalue weighted by atomic mass is 9.87. The highest BCUT2D eigenvalue weighted by Gasteiger charge is 2.34. The van der Waals surface area contributed by atoms with Crippen LogP contribution in [0.4, 0.5) is 0 Å². The molecule has 0 saturated carbocycles. The van der Waals surface area contributed by atoms with Crippen molar-refractivity contribution >= 4 is 11.3 Å². The maximum absolute atomic E-state index is 5.87. The van der Waals surface area contributed by atoms with Crippen LogP contribution in [-0.2, 0) is 4.74 Å². The molecule has 1 fully saturated rings. The van der Waals surface area contributed by atoms with E-state index in [9.17, 15) is 0 Å². The first-order chi connectivity index (χ1) is 8.76. The normalized spacial score (nSPS) is 25.5. The molecule has 2 nitrogen and oxygen atoms in total. The number of rotatable bonds is 6. The molecule has 18 heavy (non-hydrogen) atoms. The van der Waals surface area contributed by atoms with E-state index in [0.717, 1.165) is 19.6 Å². The van der Waals surface area contributed by atoms with Crippen LogP contribution in [0.2, 0.25) is 0 Å². The van der Waals surface area contributed by atoms with Gasteiger partial charge >= 0.3 is 0 Å². The predicted octanol–water partition coefficient (Wildman–Crippen LogP) is 3.91. The maximum Gasteiger partial charge on any atom is 0.0619 e. The molecule has 0 aliphatic carbocycles. The maximum atomic E-state index is 5.87. The smallest absolute Gasteiger partial charge is 0.0619 e. The highest BCUT2D eigenvalue weighted by molar-refractivity contribution is 7.10. The molecule has 0 radical (unpaired) electrons. The van der Waals surface area contributed by atoms with Crippen molar-refractivity contribution in [2.75, 3.05) is 13.2 Å². The summed E-state index contributed by atoms with van der Waals surface area (Å²) in [5.41, 5.74) is 1.46. The van der Waals surface area contributed by atoms with Crippen LogP contribution in [0.3, 0.4) is 0 Å². The third-order valence-corrected chi connectivity index (χ3v) is 4.70. The lowest BCUT2D eigenvalue weighted by Gasteiger charge is -2.27. The van der Waals surface area contributed by atoms with Crippen molar-refractivity contribution in [1.29, 1.82) is 0 Å². The molecular formula is C15H25NOS. The molecular weight excluding hydrogens is 242 g/mol. The summed E-state index contributed by atoms with van der Waals surface area (Å²) in [6.45, 7) is 8.67. The summed E-state index contributed by atoms with van der Waals surface area (Å²) in [5, 5.41) is 6.05. The van der Waals surface area contributed by atoms with Gasteiger partial charge in [0, 0.05) is 23.4 Å². The standard InChI is InChI=1S/C15H25NOS/c1-4-7-16-15(12-9-11(3)18-10-12)13-6-8-17-14(13)5-2/h9-10,13-16H,4-8H2,1-3H3. The van der Waals surface area contributed by atoms with E-state index in [1.54, 1.807) is 0 Å². The van der Waals surface area contributed by atoms with Crippen molar-refractivity contribution < 1.29 is 4.74 Å². The molecule has 3 unspecified atom stereocenters. The van der Waals surface area contributed by atoms with Gasteiger partial charge in [-0.3, -0.25) is 0 Å². The van der Waals surface area contributed by atoms with Gasteiger partial charge in [0.1, 0.15) is 0 Å². The fourth-order valence-electron chi connectivity index (χ4n) is 2.91. The largest absolute Gasteiger partial charge is 0.378 e. The van der Waals surface area contributed by atoms with Crippen molar-refractivity contribution in [2.45, 2.75) is 52.2 Å². The lowest BCUT2D eigenvalue weighted by Crippen LogP contribution is -2.33. The molecule has 2 rings (SSSR count). The van der Waals surface area contributed by atoms with E-state index in [0.29, 0.717) is 18.1 Å². The van der Waals surface area contributed by atoms with E-state index in [2.05, 4.69) is 37.5 Å². The third kappa shape index (κ3) is 3.14. The summed E-state index contributed by atoms with van der Waals surface area (Å²) >= 11 is 1.85. The minimum absolute atomic E-state index is 0.430. The zero-order valence-electron chi connectivity index (χ0n) is 11.7. The Bertz CT molecular complexity index is 363. The highest BCUT2D eigenvalue weighted by Crippen LogP contribution is 2.36. The van der Waals surface area contributed by atoms with Crippen LogP contribution in [0, 0.1) is 12.8 Å². The van der Waals surface area contributed by atoms with Crippen LogP contribution < -0.4 is 5.32 Å². The molecule has 0 amide bonds. The molecule has 2 heterocycles. The molecule has 1 aromatic rings. The van der Waals surface area contributed by atoms with Gasteiger partial charge in [-0.1, -0.05) is 13.8 Å². The Labute approximate surface area is 115 Å². The molecule has 0 aromatic carbocycles. The Morgan fingerprint density at radius 1 is 1.50 bits per heavy atom. The van der Waals surface area contributed by atoms with Gasteiger partial charge in [0.25, 0.3) is 0 Å². The number of aryl methyl sites for hydroxylation is 1.